The van der Waals surface area contributed by atoms with E-state index in [1.165, 1.54) is 28.4 Å². The highest BCUT2D eigenvalue weighted by molar-refractivity contribution is 7.11. The third-order valence-electron chi connectivity index (χ3n) is 5.28. The predicted molar refractivity (Wildman–Crippen MR) is 103 cm³/mol. The molecule has 2 fully saturated rings. The van der Waals surface area contributed by atoms with Gasteiger partial charge in [0.2, 0.25) is 0 Å². The summed E-state index contributed by atoms with van der Waals surface area (Å²) in [5.74, 6) is 0.547. The fourth-order valence-corrected chi connectivity index (χ4v) is 4.80. The SMILES string of the molecule is Cc1cnc([C@H]2CCCN(C(=O)c3ccc(N4CCCC4)cc3)C2)s1. The summed E-state index contributed by atoms with van der Waals surface area (Å²) in [4.78, 5) is 23.1. The van der Waals surface area contributed by atoms with Crippen LogP contribution in [-0.4, -0.2) is 42.0 Å². The van der Waals surface area contributed by atoms with Gasteiger partial charge in [-0.1, -0.05) is 0 Å². The summed E-state index contributed by atoms with van der Waals surface area (Å²) < 4.78 is 0. The van der Waals surface area contributed by atoms with E-state index in [1.807, 2.05) is 23.2 Å². The molecule has 2 aromatic rings. The van der Waals surface area contributed by atoms with Crippen molar-refractivity contribution < 1.29 is 4.79 Å². The zero-order chi connectivity index (χ0) is 17.2. The van der Waals surface area contributed by atoms with Crippen molar-refractivity contribution in [3.05, 3.63) is 45.9 Å². The van der Waals surface area contributed by atoms with E-state index in [0.29, 0.717) is 5.92 Å². The molecule has 0 unspecified atom stereocenters. The Hall–Kier alpha value is -1.88. The van der Waals surface area contributed by atoms with Gasteiger partial charge in [0.15, 0.2) is 0 Å². The van der Waals surface area contributed by atoms with E-state index in [-0.39, 0.29) is 5.91 Å². The highest BCUT2D eigenvalue weighted by atomic mass is 32.1. The van der Waals surface area contributed by atoms with Crippen LogP contribution in [0.4, 0.5) is 5.69 Å². The van der Waals surface area contributed by atoms with Crippen LogP contribution in [0.2, 0.25) is 0 Å². The van der Waals surface area contributed by atoms with Gasteiger partial charge in [-0.3, -0.25) is 4.79 Å². The van der Waals surface area contributed by atoms with E-state index in [1.54, 1.807) is 11.3 Å². The number of piperidine rings is 1. The molecule has 1 aromatic heterocycles. The van der Waals surface area contributed by atoms with Gasteiger partial charge in [-0.05, 0) is 56.9 Å². The summed E-state index contributed by atoms with van der Waals surface area (Å²) in [5.41, 5.74) is 2.04. The van der Waals surface area contributed by atoms with Crippen molar-refractivity contribution in [3.63, 3.8) is 0 Å². The van der Waals surface area contributed by atoms with Gasteiger partial charge in [-0.25, -0.2) is 4.98 Å². The molecule has 3 heterocycles. The van der Waals surface area contributed by atoms with E-state index in [0.717, 1.165) is 44.6 Å². The largest absolute Gasteiger partial charge is 0.372 e. The molecule has 0 N–H and O–H groups in total. The van der Waals surface area contributed by atoms with Gasteiger partial charge in [0.1, 0.15) is 0 Å². The second kappa shape index (κ2) is 7.16. The zero-order valence-electron chi connectivity index (χ0n) is 14.8. The van der Waals surface area contributed by atoms with Crippen LogP contribution in [0.1, 0.15) is 51.8 Å². The highest BCUT2D eigenvalue weighted by Gasteiger charge is 2.27. The van der Waals surface area contributed by atoms with Crippen molar-refractivity contribution in [2.45, 2.75) is 38.5 Å². The Morgan fingerprint density at radius 2 is 1.88 bits per heavy atom. The summed E-state index contributed by atoms with van der Waals surface area (Å²) in [6, 6.07) is 8.19. The maximum atomic E-state index is 12.9. The Balaban J connectivity index is 1.44. The fourth-order valence-electron chi connectivity index (χ4n) is 3.90. The standard InChI is InChI=1S/C20H25N3OS/c1-15-13-21-19(25-15)17-5-4-12-23(14-17)20(24)16-6-8-18(9-7-16)22-10-2-3-11-22/h6-9,13,17H,2-5,10-12,14H2,1H3/t17-/m0/s1. The maximum Gasteiger partial charge on any atom is 0.253 e. The van der Waals surface area contributed by atoms with Crippen LogP contribution < -0.4 is 4.90 Å². The zero-order valence-corrected chi connectivity index (χ0v) is 15.6. The number of hydrogen-bond acceptors (Lipinski definition) is 4. The number of likely N-dealkylation sites (tertiary alicyclic amines) is 1. The molecule has 0 saturated carbocycles. The molecule has 1 atom stereocenters. The number of carbonyl (C=O) groups excluding carboxylic acids is 1. The smallest absolute Gasteiger partial charge is 0.253 e. The monoisotopic (exact) mass is 355 g/mol. The molecule has 2 aliphatic rings. The third-order valence-corrected chi connectivity index (χ3v) is 6.36. The first kappa shape index (κ1) is 16.6. The minimum Gasteiger partial charge on any atom is -0.372 e. The second-order valence-corrected chi connectivity index (χ2v) is 8.41. The van der Waals surface area contributed by atoms with Gasteiger partial charge < -0.3 is 9.80 Å². The summed E-state index contributed by atoms with van der Waals surface area (Å²) in [6.45, 7) is 6.00. The molecule has 2 aliphatic heterocycles. The molecule has 0 bridgehead atoms. The Morgan fingerprint density at radius 3 is 2.56 bits per heavy atom. The molecule has 2 saturated heterocycles. The molecule has 0 radical (unpaired) electrons. The molecule has 25 heavy (non-hydrogen) atoms. The van der Waals surface area contributed by atoms with Crippen molar-refractivity contribution >= 4 is 22.9 Å². The lowest BCUT2D eigenvalue weighted by molar-refractivity contribution is 0.0707. The van der Waals surface area contributed by atoms with Crippen molar-refractivity contribution in [1.82, 2.24) is 9.88 Å². The Morgan fingerprint density at radius 1 is 1.12 bits per heavy atom. The van der Waals surface area contributed by atoms with E-state index < -0.39 is 0 Å². The maximum absolute atomic E-state index is 12.9. The molecule has 0 aliphatic carbocycles. The number of aryl methyl sites for hydroxylation is 1. The molecule has 4 nitrogen and oxygen atoms in total. The molecule has 0 spiro atoms. The molecule has 132 valence electrons. The highest BCUT2D eigenvalue weighted by Crippen LogP contribution is 2.30. The van der Waals surface area contributed by atoms with Crippen molar-refractivity contribution in [2.24, 2.45) is 0 Å². The van der Waals surface area contributed by atoms with Gasteiger partial charge in [0, 0.05) is 54.4 Å². The first-order valence-electron chi connectivity index (χ1n) is 9.27. The number of nitrogens with zero attached hydrogens (tertiary/aromatic N) is 3. The van der Waals surface area contributed by atoms with Gasteiger partial charge in [0.25, 0.3) is 5.91 Å². The van der Waals surface area contributed by atoms with Gasteiger partial charge in [0.05, 0.1) is 5.01 Å². The van der Waals surface area contributed by atoms with E-state index in [2.05, 4.69) is 28.9 Å². The number of carbonyl (C=O) groups is 1. The van der Waals surface area contributed by atoms with E-state index >= 15 is 0 Å². The minimum absolute atomic E-state index is 0.158. The average Bonchev–Trinajstić information content (AvgIpc) is 3.33. The number of anilines is 1. The third kappa shape index (κ3) is 3.56. The van der Waals surface area contributed by atoms with Crippen LogP contribution in [-0.2, 0) is 0 Å². The minimum atomic E-state index is 0.158. The quantitative estimate of drug-likeness (QED) is 0.833. The van der Waals surface area contributed by atoms with E-state index in [9.17, 15) is 4.79 Å². The summed E-state index contributed by atoms with van der Waals surface area (Å²) in [6.07, 6.45) is 6.67. The van der Waals surface area contributed by atoms with Crippen molar-refractivity contribution in [2.75, 3.05) is 31.1 Å². The number of aromatic nitrogens is 1. The Bertz CT molecular complexity index is 734. The van der Waals surface area contributed by atoms with Gasteiger partial charge >= 0.3 is 0 Å². The summed E-state index contributed by atoms with van der Waals surface area (Å²) in [5, 5.41) is 1.18. The predicted octanol–water partition coefficient (Wildman–Crippen LogP) is 4.07. The number of rotatable bonds is 3. The topological polar surface area (TPSA) is 36.4 Å². The first-order chi connectivity index (χ1) is 12.2. The molecule has 4 rings (SSSR count). The average molecular weight is 356 g/mol. The number of hydrogen-bond donors (Lipinski definition) is 0. The lowest BCUT2D eigenvalue weighted by atomic mass is 9.98. The van der Waals surface area contributed by atoms with E-state index in [4.69, 9.17) is 0 Å². The molecule has 1 aromatic carbocycles. The van der Waals surface area contributed by atoms with Crippen LogP contribution in [0.25, 0.3) is 0 Å². The molecular weight excluding hydrogens is 330 g/mol. The van der Waals surface area contributed by atoms with Gasteiger partial charge in [-0.15, -0.1) is 11.3 Å². The van der Waals surface area contributed by atoms with Crippen LogP contribution in [0.3, 0.4) is 0 Å². The lowest BCUT2D eigenvalue weighted by Gasteiger charge is -2.32. The number of amides is 1. The first-order valence-corrected chi connectivity index (χ1v) is 10.1. The van der Waals surface area contributed by atoms with Crippen LogP contribution in [0.15, 0.2) is 30.5 Å². The normalized spacial score (nSPS) is 20.9. The lowest BCUT2D eigenvalue weighted by Crippen LogP contribution is -2.39. The molecule has 5 heteroatoms. The molecule has 1 amide bonds. The van der Waals surface area contributed by atoms with Crippen LogP contribution in [0, 0.1) is 6.92 Å². The van der Waals surface area contributed by atoms with Crippen LogP contribution in [0.5, 0.6) is 0 Å². The van der Waals surface area contributed by atoms with Crippen molar-refractivity contribution in [3.8, 4) is 0 Å². The fraction of sp³-hybridized carbons (Fsp3) is 0.500. The summed E-state index contributed by atoms with van der Waals surface area (Å²) in [7, 11) is 0. The van der Waals surface area contributed by atoms with Crippen LogP contribution >= 0.6 is 11.3 Å². The number of benzene rings is 1. The number of thiazole rings is 1. The van der Waals surface area contributed by atoms with Gasteiger partial charge in [-0.2, -0.15) is 0 Å². The summed E-state index contributed by atoms with van der Waals surface area (Å²) >= 11 is 1.77. The Labute approximate surface area is 153 Å². The second-order valence-electron chi connectivity index (χ2n) is 7.14. The Kier molecular flexibility index (Phi) is 4.75. The molecular formula is C20H25N3OS. The van der Waals surface area contributed by atoms with Crippen molar-refractivity contribution in [1.29, 1.82) is 0 Å².